The highest BCUT2D eigenvalue weighted by atomic mass is 16.6. The molecule has 2 N–H and O–H groups in total. The number of carboxylic acid groups (broad SMARTS) is 1. The monoisotopic (exact) mass is 308 g/mol. The molecule has 120 valence electrons. The van der Waals surface area contributed by atoms with Gasteiger partial charge in [0.05, 0.1) is 4.92 Å². The number of ketones is 1. The smallest absolute Gasteiger partial charge is 0.326 e. The van der Waals surface area contributed by atoms with Gasteiger partial charge in [-0.3, -0.25) is 14.9 Å². The zero-order valence-electron chi connectivity index (χ0n) is 12.7. The van der Waals surface area contributed by atoms with Gasteiger partial charge in [0.2, 0.25) is 0 Å². The van der Waals surface area contributed by atoms with Crippen molar-refractivity contribution in [1.82, 2.24) is 0 Å². The number of nitro groups is 1. The lowest BCUT2D eigenvalue weighted by Crippen LogP contribution is -2.29. The topological polar surface area (TPSA) is 110 Å². The van der Waals surface area contributed by atoms with E-state index < -0.39 is 16.9 Å². The third-order valence-electron chi connectivity index (χ3n) is 3.31. The number of anilines is 1. The van der Waals surface area contributed by atoms with Gasteiger partial charge in [0.15, 0.2) is 5.78 Å². The van der Waals surface area contributed by atoms with Gasteiger partial charge < -0.3 is 10.4 Å². The van der Waals surface area contributed by atoms with E-state index in [2.05, 4.69) is 5.32 Å². The average Bonchev–Trinajstić information content (AvgIpc) is 2.50. The summed E-state index contributed by atoms with van der Waals surface area (Å²) < 4.78 is 0. The highest BCUT2D eigenvalue weighted by Gasteiger charge is 2.22. The van der Waals surface area contributed by atoms with Crippen LogP contribution in [0.5, 0.6) is 0 Å². The Kier molecular flexibility index (Phi) is 6.49. The summed E-state index contributed by atoms with van der Waals surface area (Å²) in [6, 6.07) is 3.15. The van der Waals surface area contributed by atoms with Crippen LogP contribution in [0.15, 0.2) is 18.2 Å². The van der Waals surface area contributed by atoms with E-state index in [-0.39, 0.29) is 29.1 Å². The van der Waals surface area contributed by atoms with Gasteiger partial charge in [-0.15, -0.1) is 0 Å². The number of rotatable bonds is 9. The highest BCUT2D eigenvalue weighted by molar-refractivity contribution is 5.97. The van der Waals surface area contributed by atoms with Crippen molar-refractivity contribution in [3.63, 3.8) is 0 Å². The minimum atomic E-state index is -1.06. The van der Waals surface area contributed by atoms with Crippen LogP contribution >= 0.6 is 0 Å². The Morgan fingerprint density at radius 3 is 2.55 bits per heavy atom. The van der Waals surface area contributed by atoms with E-state index in [1.807, 2.05) is 6.92 Å². The molecule has 0 saturated carbocycles. The zero-order chi connectivity index (χ0) is 16.7. The van der Waals surface area contributed by atoms with Crippen molar-refractivity contribution in [2.45, 2.75) is 45.6 Å². The SMILES string of the molecule is CCCC[C@H](Nc1ccc(C(=O)CC)cc1[N+](=O)[O-])C(=O)O. The number of carbonyl (C=O) groups excluding carboxylic acids is 1. The maximum atomic E-state index is 11.6. The summed E-state index contributed by atoms with van der Waals surface area (Å²) in [6.45, 7) is 3.61. The van der Waals surface area contributed by atoms with Crippen LogP contribution in [0.4, 0.5) is 11.4 Å². The third-order valence-corrected chi connectivity index (χ3v) is 3.31. The summed E-state index contributed by atoms with van der Waals surface area (Å²) in [5, 5.41) is 23.0. The van der Waals surface area contributed by atoms with Gasteiger partial charge in [0, 0.05) is 18.1 Å². The van der Waals surface area contributed by atoms with Crippen molar-refractivity contribution in [2.24, 2.45) is 0 Å². The fourth-order valence-corrected chi connectivity index (χ4v) is 2.04. The molecular weight excluding hydrogens is 288 g/mol. The van der Waals surface area contributed by atoms with Crippen molar-refractivity contribution in [2.75, 3.05) is 5.32 Å². The normalized spacial score (nSPS) is 11.7. The molecule has 0 heterocycles. The first kappa shape index (κ1) is 17.6. The Hall–Kier alpha value is -2.44. The van der Waals surface area contributed by atoms with Gasteiger partial charge >= 0.3 is 5.97 Å². The number of hydrogen-bond acceptors (Lipinski definition) is 5. The second-order valence-corrected chi connectivity index (χ2v) is 4.94. The first-order valence-corrected chi connectivity index (χ1v) is 7.21. The van der Waals surface area contributed by atoms with E-state index in [1.165, 1.54) is 18.2 Å². The molecule has 0 aliphatic carbocycles. The Morgan fingerprint density at radius 2 is 2.05 bits per heavy atom. The number of nitrogens with one attached hydrogen (secondary N) is 1. The number of hydrogen-bond donors (Lipinski definition) is 2. The summed E-state index contributed by atoms with van der Waals surface area (Å²) in [5.74, 6) is -1.26. The second kappa shape index (κ2) is 8.11. The first-order valence-electron chi connectivity index (χ1n) is 7.21. The van der Waals surface area contributed by atoms with E-state index in [9.17, 15) is 24.8 Å². The van der Waals surface area contributed by atoms with Crippen molar-refractivity contribution < 1.29 is 19.6 Å². The van der Waals surface area contributed by atoms with Crippen molar-refractivity contribution >= 4 is 23.1 Å². The minimum Gasteiger partial charge on any atom is -0.480 e. The Balaban J connectivity index is 3.09. The number of benzene rings is 1. The van der Waals surface area contributed by atoms with Crippen molar-refractivity contribution in [3.05, 3.63) is 33.9 Å². The molecule has 0 aliphatic rings. The van der Waals surface area contributed by atoms with Crippen LogP contribution < -0.4 is 5.32 Å². The molecule has 7 nitrogen and oxygen atoms in total. The van der Waals surface area contributed by atoms with Crippen LogP contribution in [0, 0.1) is 10.1 Å². The summed E-state index contributed by atoms with van der Waals surface area (Å²) in [4.78, 5) is 33.4. The largest absolute Gasteiger partial charge is 0.480 e. The molecular formula is C15H20N2O5. The number of aliphatic carboxylic acids is 1. The van der Waals surface area contributed by atoms with Crippen LogP contribution in [-0.2, 0) is 4.79 Å². The van der Waals surface area contributed by atoms with Gasteiger partial charge in [-0.05, 0) is 18.6 Å². The maximum Gasteiger partial charge on any atom is 0.326 e. The quantitative estimate of drug-likeness (QED) is 0.411. The lowest BCUT2D eigenvalue weighted by Gasteiger charge is -2.15. The molecule has 0 saturated heterocycles. The van der Waals surface area contributed by atoms with E-state index in [0.29, 0.717) is 12.8 Å². The molecule has 0 aliphatic heterocycles. The number of unbranched alkanes of at least 4 members (excludes halogenated alkanes) is 1. The molecule has 1 aromatic carbocycles. The molecule has 22 heavy (non-hydrogen) atoms. The number of Topliss-reactive ketones (excluding diaryl/α,β-unsaturated/α-hetero) is 1. The summed E-state index contributed by atoms with van der Waals surface area (Å²) in [7, 11) is 0. The third kappa shape index (κ3) is 4.54. The second-order valence-electron chi connectivity index (χ2n) is 4.94. The summed E-state index contributed by atoms with van der Waals surface area (Å²) >= 11 is 0. The molecule has 1 atom stereocenters. The van der Waals surface area contributed by atoms with Gasteiger partial charge in [-0.1, -0.05) is 26.7 Å². The molecule has 0 radical (unpaired) electrons. The molecule has 0 bridgehead atoms. The molecule has 7 heteroatoms. The lowest BCUT2D eigenvalue weighted by molar-refractivity contribution is -0.384. The minimum absolute atomic E-state index is 0.112. The zero-order valence-corrected chi connectivity index (χ0v) is 12.7. The van der Waals surface area contributed by atoms with Crippen molar-refractivity contribution in [1.29, 1.82) is 0 Å². The fraction of sp³-hybridized carbons (Fsp3) is 0.467. The van der Waals surface area contributed by atoms with Crippen LogP contribution in [0.2, 0.25) is 0 Å². The van der Waals surface area contributed by atoms with Gasteiger partial charge in [0.25, 0.3) is 5.69 Å². The molecule has 0 spiro atoms. The van der Waals surface area contributed by atoms with Crippen LogP contribution in [0.1, 0.15) is 49.9 Å². The molecule has 0 amide bonds. The maximum absolute atomic E-state index is 11.6. The van der Waals surface area contributed by atoms with Gasteiger partial charge in [-0.25, -0.2) is 4.79 Å². The van der Waals surface area contributed by atoms with Crippen LogP contribution in [0.3, 0.4) is 0 Å². The van der Waals surface area contributed by atoms with E-state index in [4.69, 9.17) is 0 Å². The Labute approximate surface area is 128 Å². The average molecular weight is 308 g/mol. The first-order chi connectivity index (χ1) is 10.4. The molecule has 0 aromatic heterocycles. The number of nitro benzene ring substituents is 1. The Bertz CT molecular complexity index is 571. The van der Waals surface area contributed by atoms with Crippen LogP contribution in [0.25, 0.3) is 0 Å². The van der Waals surface area contributed by atoms with Gasteiger partial charge in [0.1, 0.15) is 11.7 Å². The van der Waals surface area contributed by atoms with Gasteiger partial charge in [-0.2, -0.15) is 0 Å². The highest BCUT2D eigenvalue weighted by Crippen LogP contribution is 2.27. The summed E-state index contributed by atoms with van der Waals surface area (Å²) in [6.07, 6.45) is 2.15. The molecule has 1 aromatic rings. The fourth-order valence-electron chi connectivity index (χ4n) is 2.04. The number of carbonyl (C=O) groups is 2. The van der Waals surface area contributed by atoms with E-state index in [0.717, 1.165) is 6.42 Å². The number of nitrogens with zero attached hydrogens (tertiary/aromatic N) is 1. The van der Waals surface area contributed by atoms with Crippen LogP contribution in [-0.4, -0.2) is 27.8 Å². The van der Waals surface area contributed by atoms with Crippen molar-refractivity contribution in [3.8, 4) is 0 Å². The molecule has 0 unspecified atom stereocenters. The van der Waals surface area contributed by atoms with E-state index >= 15 is 0 Å². The predicted molar refractivity (Wildman–Crippen MR) is 82.3 cm³/mol. The molecule has 0 fully saturated rings. The summed E-state index contributed by atoms with van der Waals surface area (Å²) in [5.41, 5.74) is 0.0726. The standard InChI is InChI=1S/C15H20N2O5/c1-3-5-6-12(15(19)20)16-11-8-7-10(14(18)4-2)9-13(11)17(21)22/h7-9,12,16H,3-6H2,1-2H3,(H,19,20)/t12-/m0/s1. The number of carboxylic acids is 1. The Morgan fingerprint density at radius 1 is 1.36 bits per heavy atom. The molecule has 1 rings (SSSR count). The predicted octanol–water partition coefficient (Wildman–Crippen LogP) is 3.24. The lowest BCUT2D eigenvalue weighted by atomic mass is 10.1. The van der Waals surface area contributed by atoms with E-state index in [1.54, 1.807) is 6.92 Å².